The Bertz CT molecular complexity index is 345. The van der Waals surface area contributed by atoms with Gasteiger partial charge in [-0.3, -0.25) is 0 Å². The summed E-state index contributed by atoms with van der Waals surface area (Å²) < 4.78 is 11.3. The maximum absolute atomic E-state index is 9.48. The third kappa shape index (κ3) is 3.28. The van der Waals surface area contributed by atoms with E-state index in [1.165, 1.54) is 5.56 Å². The number of aryl methyl sites for hydroxylation is 1. The zero-order chi connectivity index (χ0) is 12.1. The normalized spacial score (nSPS) is 19.2. The monoisotopic (exact) mass is 236 g/mol. The van der Waals surface area contributed by atoms with E-state index >= 15 is 0 Å². The topological polar surface area (TPSA) is 38.7 Å². The molecule has 0 spiro atoms. The van der Waals surface area contributed by atoms with Crippen LogP contribution < -0.4 is 0 Å². The van der Waals surface area contributed by atoms with E-state index in [9.17, 15) is 5.11 Å². The molecular weight excluding hydrogens is 216 g/mol. The van der Waals surface area contributed by atoms with Crippen molar-refractivity contribution >= 4 is 0 Å². The average molecular weight is 236 g/mol. The summed E-state index contributed by atoms with van der Waals surface area (Å²) in [7, 11) is 0. The molecule has 1 aromatic carbocycles. The summed E-state index contributed by atoms with van der Waals surface area (Å²) in [6.07, 6.45) is 1.84. The van der Waals surface area contributed by atoms with Gasteiger partial charge in [-0.05, 0) is 30.9 Å². The van der Waals surface area contributed by atoms with Crippen molar-refractivity contribution in [3.63, 3.8) is 0 Å². The van der Waals surface area contributed by atoms with Crippen LogP contribution in [0.25, 0.3) is 0 Å². The van der Waals surface area contributed by atoms with Crippen molar-refractivity contribution in [2.24, 2.45) is 0 Å². The molecule has 1 aliphatic rings. The molecule has 1 aromatic rings. The van der Waals surface area contributed by atoms with Crippen LogP contribution in [0, 0.1) is 6.92 Å². The van der Waals surface area contributed by atoms with Crippen LogP contribution in [0.5, 0.6) is 0 Å². The van der Waals surface area contributed by atoms with Gasteiger partial charge in [0, 0.05) is 13.2 Å². The lowest BCUT2D eigenvalue weighted by molar-refractivity contribution is -0.0850. The fraction of sp³-hybridized carbons (Fsp3) is 0.571. The molecule has 0 radical (unpaired) electrons. The number of rotatable bonds is 4. The van der Waals surface area contributed by atoms with E-state index in [0.29, 0.717) is 0 Å². The Morgan fingerprint density at radius 2 is 2.06 bits per heavy atom. The van der Waals surface area contributed by atoms with E-state index in [1.54, 1.807) is 0 Å². The first kappa shape index (κ1) is 12.6. The van der Waals surface area contributed by atoms with Crippen LogP contribution in [0.1, 0.15) is 30.1 Å². The van der Waals surface area contributed by atoms with E-state index in [4.69, 9.17) is 9.47 Å². The Balaban J connectivity index is 2.03. The lowest BCUT2D eigenvalue weighted by Crippen LogP contribution is -2.26. The molecular formula is C14H20O3. The predicted octanol–water partition coefficient (Wildman–Crippen LogP) is 2.22. The molecule has 0 unspecified atom stereocenters. The van der Waals surface area contributed by atoms with Gasteiger partial charge in [0.05, 0.1) is 12.7 Å². The van der Waals surface area contributed by atoms with Gasteiger partial charge in [0.1, 0.15) is 6.10 Å². The van der Waals surface area contributed by atoms with Gasteiger partial charge in [0.25, 0.3) is 0 Å². The maximum atomic E-state index is 9.48. The number of hydrogen-bond donors (Lipinski definition) is 1. The highest BCUT2D eigenvalue weighted by molar-refractivity contribution is 5.27. The molecule has 3 nitrogen and oxygen atoms in total. The molecule has 1 saturated heterocycles. The van der Waals surface area contributed by atoms with Gasteiger partial charge in [0.15, 0.2) is 0 Å². The lowest BCUT2D eigenvalue weighted by atomic mass is 10.0. The minimum absolute atomic E-state index is 0.0300. The molecule has 1 heterocycles. The first-order valence-electron chi connectivity index (χ1n) is 6.21. The Morgan fingerprint density at radius 1 is 1.35 bits per heavy atom. The molecule has 3 heteroatoms. The molecule has 0 bridgehead atoms. The van der Waals surface area contributed by atoms with Crippen LogP contribution in [0.15, 0.2) is 24.3 Å². The minimum atomic E-state index is -0.209. The average Bonchev–Trinajstić information content (AvgIpc) is 2.38. The fourth-order valence-corrected chi connectivity index (χ4v) is 2.21. The number of ether oxygens (including phenoxy) is 2. The summed E-state index contributed by atoms with van der Waals surface area (Å²) in [6.45, 7) is 3.60. The quantitative estimate of drug-likeness (QED) is 0.871. The summed E-state index contributed by atoms with van der Waals surface area (Å²) >= 11 is 0. The van der Waals surface area contributed by atoms with Crippen molar-refractivity contribution in [3.05, 3.63) is 35.4 Å². The molecule has 17 heavy (non-hydrogen) atoms. The van der Waals surface area contributed by atoms with Crippen LogP contribution in [0.3, 0.4) is 0 Å². The van der Waals surface area contributed by atoms with Gasteiger partial charge in [-0.25, -0.2) is 0 Å². The molecule has 0 amide bonds. The fourth-order valence-electron chi connectivity index (χ4n) is 2.21. The van der Waals surface area contributed by atoms with Gasteiger partial charge in [-0.1, -0.05) is 24.3 Å². The van der Waals surface area contributed by atoms with Crippen LogP contribution in [0.2, 0.25) is 0 Å². The second kappa shape index (κ2) is 6.15. The van der Waals surface area contributed by atoms with Crippen LogP contribution in [0.4, 0.5) is 0 Å². The zero-order valence-corrected chi connectivity index (χ0v) is 10.3. The highest BCUT2D eigenvalue weighted by atomic mass is 16.5. The van der Waals surface area contributed by atoms with E-state index < -0.39 is 0 Å². The second-order valence-electron chi connectivity index (χ2n) is 4.48. The third-order valence-corrected chi connectivity index (χ3v) is 3.23. The number of hydrogen-bond acceptors (Lipinski definition) is 3. The summed E-state index contributed by atoms with van der Waals surface area (Å²) in [6, 6.07) is 8.06. The summed E-state index contributed by atoms with van der Waals surface area (Å²) in [4.78, 5) is 0. The van der Waals surface area contributed by atoms with Gasteiger partial charge in [-0.2, -0.15) is 0 Å². The van der Waals surface area contributed by atoms with Crippen molar-refractivity contribution < 1.29 is 14.6 Å². The maximum Gasteiger partial charge on any atom is 0.106 e. The van der Waals surface area contributed by atoms with Gasteiger partial charge < -0.3 is 14.6 Å². The lowest BCUT2D eigenvalue weighted by Gasteiger charge is -2.27. The number of aliphatic hydroxyl groups is 1. The van der Waals surface area contributed by atoms with E-state index in [1.807, 2.05) is 31.2 Å². The second-order valence-corrected chi connectivity index (χ2v) is 4.48. The highest BCUT2D eigenvalue weighted by Crippen LogP contribution is 2.25. The highest BCUT2D eigenvalue weighted by Gasteiger charge is 2.21. The Morgan fingerprint density at radius 3 is 2.71 bits per heavy atom. The SMILES string of the molecule is Cc1ccccc1[C@H](CO)OC1CCOCC1. The van der Waals surface area contributed by atoms with Crippen molar-refractivity contribution in [3.8, 4) is 0 Å². The predicted molar refractivity (Wildman–Crippen MR) is 65.9 cm³/mol. The molecule has 1 aliphatic heterocycles. The smallest absolute Gasteiger partial charge is 0.106 e. The largest absolute Gasteiger partial charge is 0.393 e. The Hall–Kier alpha value is -0.900. The first-order valence-corrected chi connectivity index (χ1v) is 6.21. The van der Waals surface area contributed by atoms with Gasteiger partial charge in [0.2, 0.25) is 0 Å². The van der Waals surface area contributed by atoms with Crippen molar-refractivity contribution in [1.82, 2.24) is 0 Å². The molecule has 1 N–H and O–H groups in total. The number of benzene rings is 1. The Kier molecular flexibility index (Phi) is 4.54. The zero-order valence-electron chi connectivity index (χ0n) is 10.3. The molecule has 0 aromatic heterocycles. The summed E-state index contributed by atoms with van der Waals surface area (Å²) in [5.74, 6) is 0. The number of aliphatic hydroxyl groups excluding tert-OH is 1. The first-order chi connectivity index (χ1) is 8.31. The molecule has 0 aliphatic carbocycles. The summed E-state index contributed by atoms with van der Waals surface area (Å²) in [5.41, 5.74) is 2.25. The van der Waals surface area contributed by atoms with Crippen molar-refractivity contribution in [2.45, 2.75) is 32.0 Å². The Labute approximate surface area is 102 Å². The minimum Gasteiger partial charge on any atom is -0.393 e. The van der Waals surface area contributed by atoms with E-state index in [0.717, 1.165) is 31.6 Å². The molecule has 1 fully saturated rings. The van der Waals surface area contributed by atoms with Crippen LogP contribution >= 0.6 is 0 Å². The molecule has 1 atom stereocenters. The van der Waals surface area contributed by atoms with E-state index in [-0.39, 0.29) is 18.8 Å². The standard InChI is InChI=1S/C14H20O3/c1-11-4-2-3-5-13(11)14(10-15)17-12-6-8-16-9-7-12/h2-5,12,14-15H,6-10H2,1H3/t14-/m0/s1. The molecule has 94 valence electrons. The van der Waals surface area contributed by atoms with Crippen LogP contribution in [-0.2, 0) is 9.47 Å². The van der Waals surface area contributed by atoms with Crippen molar-refractivity contribution in [1.29, 1.82) is 0 Å². The van der Waals surface area contributed by atoms with Crippen LogP contribution in [-0.4, -0.2) is 31.0 Å². The molecule has 2 rings (SSSR count). The van der Waals surface area contributed by atoms with E-state index in [2.05, 4.69) is 0 Å². The van der Waals surface area contributed by atoms with Gasteiger partial charge in [-0.15, -0.1) is 0 Å². The third-order valence-electron chi connectivity index (χ3n) is 3.23. The van der Waals surface area contributed by atoms with Crippen molar-refractivity contribution in [2.75, 3.05) is 19.8 Å². The van der Waals surface area contributed by atoms with Gasteiger partial charge >= 0.3 is 0 Å². The molecule has 0 saturated carbocycles. The summed E-state index contributed by atoms with van der Waals surface area (Å²) in [5, 5.41) is 9.48.